The van der Waals surface area contributed by atoms with E-state index in [4.69, 9.17) is 11.0 Å². The van der Waals surface area contributed by atoms with Crippen LogP contribution in [0.5, 0.6) is 0 Å². The number of nitriles is 1. The second kappa shape index (κ2) is 3.81. The van der Waals surface area contributed by atoms with E-state index in [0.29, 0.717) is 12.3 Å². The third-order valence-electron chi connectivity index (χ3n) is 2.90. The quantitative estimate of drug-likeness (QED) is 0.728. The first-order valence-corrected chi connectivity index (χ1v) is 5.01. The minimum atomic E-state index is 0.225. The molecule has 1 aromatic rings. The average molecular weight is 186 g/mol. The Labute approximate surface area is 84.3 Å². The molecule has 0 radical (unpaired) electrons. The highest BCUT2D eigenvalue weighted by Gasteiger charge is 2.23. The molecule has 14 heavy (non-hydrogen) atoms. The predicted octanol–water partition coefficient (Wildman–Crippen LogP) is 1.96. The van der Waals surface area contributed by atoms with E-state index in [9.17, 15) is 0 Å². The molecule has 0 fully saturated rings. The van der Waals surface area contributed by atoms with Gasteiger partial charge in [-0.2, -0.15) is 5.26 Å². The number of benzene rings is 1. The Morgan fingerprint density at radius 2 is 2.21 bits per heavy atom. The highest BCUT2D eigenvalue weighted by Crippen LogP contribution is 2.32. The summed E-state index contributed by atoms with van der Waals surface area (Å²) >= 11 is 0. The second-order valence-corrected chi connectivity index (χ2v) is 3.96. The summed E-state index contributed by atoms with van der Waals surface area (Å²) in [5.74, 6) is 0.347. The van der Waals surface area contributed by atoms with Crippen LogP contribution in [0.2, 0.25) is 0 Å². The van der Waals surface area contributed by atoms with Crippen LogP contribution in [0.3, 0.4) is 0 Å². The molecule has 1 aromatic carbocycles. The maximum atomic E-state index is 8.74. The summed E-state index contributed by atoms with van der Waals surface area (Å²) in [7, 11) is 0. The lowest BCUT2D eigenvalue weighted by atomic mass is 9.79. The maximum absolute atomic E-state index is 8.74. The fourth-order valence-electron chi connectivity index (χ4n) is 2.28. The van der Waals surface area contributed by atoms with Crippen molar-refractivity contribution in [2.75, 3.05) is 0 Å². The van der Waals surface area contributed by atoms with Gasteiger partial charge in [-0.25, -0.2) is 0 Å². The summed E-state index contributed by atoms with van der Waals surface area (Å²) in [6.45, 7) is 0. The van der Waals surface area contributed by atoms with E-state index in [1.807, 2.05) is 12.1 Å². The van der Waals surface area contributed by atoms with E-state index in [-0.39, 0.29) is 6.04 Å². The molecular formula is C12H14N2. The van der Waals surface area contributed by atoms with Crippen molar-refractivity contribution >= 4 is 0 Å². The van der Waals surface area contributed by atoms with Gasteiger partial charge in [-0.1, -0.05) is 24.3 Å². The zero-order valence-electron chi connectivity index (χ0n) is 8.11. The highest BCUT2D eigenvalue weighted by molar-refractivity contribution is 5.34. The topological polar surface area (TPSA) is 49.8 Å². The summed E-state index contributed by atoms with van der Waals surface area (Å²) in [5.41, 5.74) is 8.62. The number of fused-ring (bicyclic) bond motifs is 1. The minimum absolute atomic E-state index is 0.225. The van der Waals surface area contributed by atoms with E-state index in [1.165, 1.54) is 11.1 Å². The first kappa shape index (κ1) is 9.23. The van der Waals surface area contributed by atoms with Gasteiger partial charge >= 0.3 is 0 Å². The summed E-state index contributed by atoms with van der Waals surface area (Å²) in [6.07, 6.45) is 2.49. The van der Waals surface area contributed by atoms with Crippen LogP contribution in [0.15, 0.2) is 24.3 Å². The molecule has 0 heterocycles. The smallest absolute Gasteiger partial charge is 0.0628 e. The number of nitrogens with zero attached hydrogens (tertiary/aromatic N) is 1. The van der Waals surface area contributed by atoms with Gasteiger partial charge in [0.15, 0.2) is 0 Å². The number of hydrogen-bond acceptors (Lipinski definition) is 2. The van der Waals surface area contributed by atoms with Crippen molar-refractivity contribution in [2.24, 2.45) is 5.73 Å². The molecule has 0 aliphatic heterocycles. The standard InChI is InChI=1S/C12H14N2/c13-6-5-10-8-11(14)7-9-3-1-2-4-12(9)10/h1-4,10-11H,5,7-8,14H2/t10-,11+/m0/s1. The molecule has 0 amide bonds. The summed E-state index contributed by atoms with van der Waals surface area (Å²) < 4.78 is 0. The molecule has 0 aromatic heterocycles. The largest absolute Gasteiger partial charge is 0.327 e. The van der Waals surface area contributed by atoms with Gasteiger partial charge in [0.1, 0.15) is 0 Å². The van der Waals surface area contributed by atoms with Crippen molar-refractivity contribution in [1.29, 1.82) is 5.26 Å². The van der Waals surface area contributed by atoms with E-state index < -0.39 is 0 Å². The molecule has 1 aliphatic carbocycles. The molecule has 0 bridgehead atoms. The monoisotopic (exact) mass is 186 g/mol. The third kappa shape index (κ3) is 1.64. The highest BCUT2D eigenvalue weighted by atomic mass is 14.6. The normalized spacial score (nSPS) is 25.1. The zero-order valence-corrected chi connectivity index (χ0v) is 8.11. The summed E-state index contributed by atoms with van der Waals surface area (Å²) in [5, 5.41) is 8.74. The van der Waals surface area contributed by atoms with E-state index >= 15 is 0 Å². The van der Waals surface area contributed by atoms with Crippen LogP contribution in [0.4, 0.5) is 0 Å². The van der Waals surface area contributed by atoms with Crippen LogP contribution < -0.4 is 5.73 Å². The van der Waals surface area contributed by atoms with Crippen molar-refractivity contribution in [3.05, 3.63) is 35.4 Å². The van der Waals surface area contributed by atoms with Crippen LogP contribution in [0.25, 0.3) is 0 Å². The first-order chi connectivity index (χ1) is 6.81. The Morgan fingerprint density at radius 3 is 3.00 bits per heavy atom. The zero-order chi connectivity index (χ0) is 9.97. The van der Waals surface area contributed by atoms with E-state index in [1.54, 1.807) is 0 Å². The van der Waals surface area contributed by atoms with Crippen molar-refractivity contribution in [3.63, 3.8) is 0 Å². The van der Waals surface area contributed by atoms with Gasteiger partial charge in [-0.15, -0.1) is 0 Å². The maximum Gasteiger partial charge on any atom is 0.0628 e. The molecule has 2 N–H and O–H groups in total. The molecule has 2 nitrogen and oxygen atoms in total. The lowest BCUT2D eigenvalue weighted by Gasteiger charge is -2.28. The second-order valence-electron chi connectivity index (χ2n) is 3.96. The molecule has 0 saturated heterocycles. The van der Waals surface area contributed by atoms with Crippen molar-refractivity contribution in [3.8, 4) is 6.07 Å². The van der Waals surface area contributed by atoms with Crippen LogP contribution >= 0.6 is 0 Å². The van der Waals surface area contributed by atoms with Crippen molar-refractivity contribution < 1.29 is 0 Å². The SMILES string of the molecule is N#CC[C@H]1C[C@H](N)Cc2ccccc21. The third-order valence-corrected chi connectivity index (χ3v) is 2.90. The van der Waals surface area contributed by atoms with Crippen LogP contribution in [-0.2, 0) is 6.42 Å². The van der Waals surface area contributed by atoms with Gasteiger partial charge < -0.3 is 5.73 Å². The van der Waals surface area contributed by atoms with Gasteiger partial charge in [0, 0.05) is 12.5 Å². The molecule has 0 saturated carbocycles. The molecular weight excluding hydrogens is 172 g/mol. The lowest BCUT2D eigenvalue weighted by Crippen LogP contribution is -2.30. The van der Waals surface area contributed by atoms with Gasteiger partial charge in [0.05, 0.1) is 6.07 Å². The number of hydrogen-bond donors (Lipinski definition) is 1. The average Bonchev–Trinajstić information content (AvgIpc) is 2.18. The molecule has 0 unspecified atom stereocenters. The van der Waals surface area contributed by atoms with E-state index in [2.05, 4.69) is 18.2 Å². The Balaban J connectivity index is 2.34. The number of nitrogens with two attached hydrogens (primary N) is 1. The Hall–Kier alpha value is -1.33. The summed E-state index contributed by atoms with van der Waals surface area (Å²) in [6, 6.07) is 10.8. The molecule has 2 rings (SSSR count). The van der Waals surface area contributed by atoms with Gasteiger partial charge in [0.2, 0.25) is 0 Å². The lowest BCUT2D eigenvalue weighted by molar-refractivity contribution is 0.494. The van der Waals surface area contributed by atoms with Gasteiger partial charge in [0.25, 0.3) is 0 Å². The fourth-order valence-corrected chi connectivity index (χ4v) is 2.28. The van der Waals surface area contributed by atoms with Crippen LogP contribution in [0, 0.1) is 11.3 Å². The first-order valence-electron chi connectivity index (χ1n) is 5.01. The summed E-state index contributed by atoms with van der Waals surface area (Å²) in [4.78, 5) is 0. The molecule has 2 heteroatoms. The van der Waals surface area contributed by atoms with Crippen molar-refractivity contribution in [2.45, 2.75) is 31.2 Å². The molecule has 2 atom stereocenters. The molecule has 72 valence electrons. The Bertz CT molecular complexity index is 365. The number of rotatable bonds is 1. The van der Waals surface area contributed by atoms with E-state index in [0.717, 1.165) is 12.8 Å². The molecule has 1 aliphatic rings. The van der Waals surface area contributed by atoms with Crippen LogP contribution in [-0.4, -0.2) is 6.04 Å². The minimum Gasteiger partial charge on any atom is -0.327 e. The van der Waals surface area contributed by atoms with Gasteiger partial charge in [-0.05, 0) is 29.9 Å². The van der Waals surface area contributed by atoms with Crippen molar-refractivity contribution in [1.82, 2.24) is 0 Å². The predicted molar refractivity (Wildman–Crippen MR) is 55.7 cm³/mol. The van der Waals surface area contributed by atoms with Crippen LogP contribution in [0.1, 0.15) is 29.9 Å². The molecule has 0 spiro atoms. The Kier molecular flexibility index (Phi) is 2.51. The Morgan fingerprint density at radius 1 is 1.43 bits per heavy atom. The van der Waals surface area contributed by atoms with Gasteiger partial charge in [-0.3, -0.25) is 0 Å². The fraction of sp³-hybridized carbons (Fsp3) is 0.417.